The van der Waals surface area contributed by atoms with Gasteiger partial charge in [0.05, 0.1) is 5.69 Å². The number of aromatic nitrogens is 4. The largest absolute Gasteiger partial charge is 0.325 e. The van der Waals surface area contributed by atoms with E-state index in [1.54, 1.807) is 0 Å². The lowest BCUT2D eigenvalue weighted by Gasteiger charge is -2.37. The second-order valence-electron chi connectivity index (χ2n) is 6.25. The standard InChI is InChI=1S/C16H23N5/c1-2-13-7-6-10-16(17,11-13)12-15-18-19-20-21(15)14-8-4-3-5-9-14/h3-5,8-9,13H,2,6-7,10-12,17H2,1H3. The molecule has 5 nitrogen and oxygen atoms in total. The van der Waals surface area contributed by atoms with Crippen molar-refractivity contribution < 1.29 is 0 Å². The summed E-state index contributed by atoms with van der Waals surface area (Å²) in [6.07, 6.45) is 6.60. The van der Waals surface area contributed by atoms with E-state index < -0.39 is 0 Å². The molecule has 21 heavy (non-hydrogen) atoms. The van der Waals surface area contributed by atoms with Crippen molar-refractivity contribution in [1.29, 1.82) is 0 Å². The Morgan fingerprint density at radius 3 is 2.90 bits per heavy atom. The van der Waals surface area contributed by atoms with E-state index in [2.05, 4.69) is 22.4 Å². The van der Waals surface area contributed by atoms with Crippen LogP contribution >= 0.6 is 0 Å². The van der Waals surface area contributed by atoms with Gasteiger partial charge in [0.25, 0.3) is 0 Å². The number of nitrogens with two attached hydrogens (primary N) is 1. The van der Waals surface area contributed by atoms with Gasteiger partial charge in [-0.2, -0.15) is 4.68 Å². The van der Waals surface area contributed by atoms with E-state index in [1.807, 2.05) is 35.0 Å². The molecule has 1 aliphatic carbocycles. The first-order chi connectivity index (χ1) is 10.2. The summed E-state index contributed by atoms with van der Waals surface area (Å²) >= 11 is 0. The molecule has 5 heteroatoms. The lowest BCUT2D eigenvalue weighted by molar-refractivity contribution is 0.215. The van der Waals surface area contributed by atoms with Gasteiger partial charge in [-0.05, 0) is 41.3 Å². The minimum absolute atomic E-state index is 0.166. The zero-order chi connectivity index (χ0) is 14.7. The van der Waals surface area contributed by atoms with Crippen LogP contribution in [0.4, 0.5) is 0 Å². The molecule has 2 unspecified atom stereocenters. The molecule has 0 radical (unpaired) electrons. The first kappa shape index (κ1) is 14.2. The van der Waals surface area contributed by atoms with Crippen molar-refractivity contribution in [2.45, 2.75) is 51.0 Å². The van der Waals surface area contributed by atoms with Gasteiger partial charge in [0.15, 0.2) is 5.82 Å². The lowest BCUT2D eigenvalue weighted by atomic mass is 9.73. The molecule has 0 saturated heterocycles. The molecule has 1 saturated carbocycles. The van der Waals surface area contributed by atoms with E-state index in [1.165, 1.54) is 19.3 Å². The van der Waals surface area contributed by atoms with E-state index in [-0.39, 0.29) is 5.54 Å². The highest BCUT2D eigenvalue weighted by atomic mass is 15.5. The minimum Gasteiger partial charge on any atom is -0.325 e. The molecule has 1 heterocycles. The van der Waals surface area contributed by atoms with Crippen LogP contribution in [0.2, 0.25) is 0 Å². The van der Waals surface area contributed by atoms with Crippen molar-refractivity contribution >= 4 is 0 Å². The molecule has 0 spiro atoms. The molecule has 3 rings (SSSR count). The van der Waals surface area contributed by atoms with Crippen LogP contribution in [0.5, 0.6) is 0 Å². The highest BCUT2D eigenvalue weighted by molar-refractivity contribution is 5.30. The van der Waals surface area contributed by atoms with Crippen molar-refractivity contribution in [3.8, 4) is 5.69 Å². The van der Waals surface area contributed by atoms with Gasteiger partial charge in [-0.15, -0.1) is 5.10 Å². The third-order valence-electron chi connectivity index (χ3n) is 4.60. The van der Waals surface area contributed by atoms with E-state index in [4.69, 9.17) is 5.73 Å². The molecule has 2 atom stereocenters. The lowest BCUT2D eigenvalue weighted by Crippen LogP contribution is -2.46. The summed E-state index contributed by atoms with van der Waals surface area (Å²) in [4.78, 5) is 0. The topological polar surface area (TPSA) is 69.6 Å². The first-order valence-electron chi connectivity index (χ1n) is 7.82. The van der Waals surface area contributed by atoms with Gasteiger partial charge in [0.1, 0.15) is 0 Å². The third kappa shape index (κ3) is 3.13. The van der Waals surface area contributed by atoms with Crippen molar-refractivity contribution in [2.75, 3.05) is 0 Å². The summed E-state index contributed by atoms with van der Waals surface area (Å²) in [6, 6.07) is 10.0. The summed E-state index contributed by atoms with van der Waals surface area (Å²) < 4.78 is 1.81. The average Bonchev–Trinajstić information content (AvgIpc) is 2.95. The molecule has 0 aliphatic heterocycles. The van der Waals surface area contributed by atoms with Crippen LogP contribution in [0.3, 0.4) is 0 Å². The van der Waals surface area contributed by atoms with Gasteiger partial charge in [0, 0.05) is 12.0 Å². The number of hydrogen-bond acceptors (Lipinski definition) is 4. The van der Waals surface area contributed by atoms with Crippen LogP contribution in [0.1, 0.15) is 44.9 Å². The summed E-state index contributed by atoms with van der Waals surface area (Å²) in [5, 5.41) is 12.2. The Labute approximate surface area is 125 Å². The molecule has 1 aromatic heterocycles. The predicted molar refractivity (Wildman–Crippen MR) is 82.0 cm³/mol. The first-order valence-corrected chi connectivity index (χ1v) is 7.82. The van der Waals surface area contributed by atoms with Crippen molar-refractivity contribution in [3.63, 3.8) is 0 Å². The fourth-order valence-electron chi connectivity index (χ4n) is 3.43. The van der Waals surface area contributed by atoms with Gasteiger partial charge in [-0.25, -0.2) is 0 Å². The van der Waals surface area contributed by atoms with Crippen molar-refractivity contribution in [3.05, 3.63) is 36.2 Å². The number of benzene rings is 1. The van der Waals surface area contributed by atoms with Crippen LogP contribution in [-0.2, 0) is 6.42 Å². The van der Waals surface area contributed by atoms with E-state index in [0.29, 0.717) is 0 Å². The second kappa shape index (κ2) is 5.93. The van der Waals surface area contributed by atoms with E-state index in [9.17, 15) is 0 Å². The molecule has 1 aromatic carbocycles. The summed E-state index contributed by atoms with van der Waals surface area (Å²) in [6.45, 7) is 2.25. The van der Waals surface area contributed by atoms with E-state index >= 15 is 0 Å². The average molecular weight is 285 g/mol. The Bertz CT molecular complexity index is 579. The SMILES string of the molecule is CCC1CCCC(N)(Cc2nnnn2-c2ccccc2)C1. The smallest absolute Gasteiger partial charge is 0.158 e. The molecule has 0 bridgehead atoms. The molecule has 1 fully saturated rings. The molecular formula is C16H23N5. The Kier molecular flexibility index (Phi) is 4.01. The van der Waals surface area contributed by atoms with Crippen molar-refractivity contribution in [1.82, 2.24) is 20.2 Å². The van der Waals surface area contributed by atoms with Gasteiger partial charge in [-0.1, -0.05) is 44.4 Å². The molecular weight excluding hydrogens is 262 g/mol. The molecule has 2 N–H and O–H groups in total. The maximum absolute atomic E-state index is 6.65. The number of para-hydroxylation sites is 1. The Morgan fingerprint density at radius 2 is 2.14 bits per heavy atom. The quantitative estimate of drug-likeness (QED) is 0.937. The van der Waals surface area contributed by atoms with Crippen LogP contribution in [0, 0.1) is 5.92 Å². The van der Waals surface area contributed by atoms with Gasteiger partial charge in [0.2, 0.25) is 0 Å². The summed E-state index contributed by atoms with van der Waals surface area (Å²) in [7, 11) is 0. The maximum Gasteiger partial charge on any atom is 0.158 e. The summed E-state index contributed by atoms with van der Waals surface area (Å²) in [5.74, 6) is 1.60. The monoisotopic (exact) mass is 285 g/mol. The molecule has 1 aliphatic rings. The molecule has 0 amide bonds. The van der Waals surface area contributed by atoms with Gasteiger partial charge in [-0.3, -0.25) is 0 Å². The van der Waals surface area contributed by atoms with Crippen LogP contribution < -0.4 is 5.73 Å². The zero-order valence-electron chi connectivity index (χ0n) is 12.6. The Balaban J connectivity index is 1.81. The Hall–Kier alpha value is -1.75. The predicted octanol–water partition coefficient (Wildman–Crippen LogP) is 2.50. The van der Waals surface area contributed by atoms with Gasteiger partial charge < -0.3 is 5.73 Å². The number of tetrazole rings is 1. The van der Waals surface area contributed by atoms with Crippen LogP contribution in [0.15, 0.2) is 30.3 Å². The molecule has 2 aromatic rings. The number of nitrogens with zero attached hydrogens (tertiary/aromatic N) is 4. The normalized spacial score (nSPS) is 25.9. The summed E-state index contributed by atoms with van der Waals surface area (Å²) in [5.41, 5.74) is 7.48. The fraction of sp³-hybridized carbons (Fsp3) is 0.562. The van der Waals surface area contributed by atoms with E-state index in [0.717, 1.165) is 36.7 Å². The number of hydrogen-bond donors (Lipinski definition) is 1. The number of rotatable bonds is 4. The highest BCUT2D eigenvalue weighted by Gasteiger charge is 2.34. The Morgan fingerprint density at radius 1 is 1.33 bits per heavy atom. The fourth-order valence-corrected chi connectivity index (χ4v) is 3.43. The third-order valence-corrected chi connectivity index (χ3v) is 4.60. The minimum atomic E-state index is -0.166. The maximum atomic E-state index is 6.65. The van der Waals surface area contributed by atoms with Crippen LogP contribution in [0.25, 0.3) is 5.69 Å². The molecule has 112 valence electrons. The van der Waals surface area contributed by atoms with Crippen LogP contribution in [-0.4, -0.2) is 25.7 Å². The van der Waals surface area contributed by atoms with Crippen molar-refractivity contribution in [2.24, 2.45) is 11.7 Å². The van der Waals surface area contributed by atoms with Gasteiger partial charge >= 0.3 is 0 Å². The zero-order valence-corrected chi connectivity index (χ0v) is 12.6. The highest BCUT2D eigenvalue weighted by Crippen LogP contribution is 2.34. The second-order valence-corrected chi connectivity index (χ2v) is 6.25.